The molecule has 13 saturated heterocycles. The fourth-order valence-electron chi connectivity index (χ4n) is 14.8. The highest BCUT2D eigenvalue weighted by atomic mass is 32.7. The molecule has 0 aromatic rings. The minimum atomic E-state index is -3.86. The number of ether oxygens (including phenoxy) is 14. The third-order valence-corrected chi connectivity index (χ3v) is 35.5. The van der Waals surface area contributed by atoms with Gasteiger partial charge in [-0.05, 0) is 135 Å². The highest BCUT2D eigenvalue weighted by Gasteiger charge is 2.71. The van der Waals surface area contributed by atoms with Crippen LogP contribution in [0.3, 0.4) is 0 Å². The molecule has 0 amide bonds. The molecule has 13 rings (SSSR count). The first kappa shape index (κ1) is 69.6. The van der Waals surface area contributed by atoms with Crippen molar-refractivity contribution in [2.45, 2.75) is 246 Å². The van der Waals surface area contributed by atoms with Crippen molar-refractivity contribution < 1.29 is 93.3 Å². The van der Waals surface area contributed by atoms with Crippen LogP contribution in [0.4, 0.5) is 0 Å². The molecule has 0 radical (unpaired) electrons. The summed E-state index contributed by atoms with van der Waals surface area (Å²) in [5.41, 5.74) is 1.87. The van der Waals surface area contributed by atoms with E-state index in [4.69, 9.17) is 101 Å². The van der Waals surface area contributed by atoms with Crippen LogP contribution in [0.2, 0.25) is 0 Å². The maximum atomic E-state index is 10.9. The van der Waals surface area contributed by atoms with Crippen LogP contribution in [-0.2, 0) is 96.9 Å². The van der Waals surface area contributed by atoms with E-state index in [9.17, 15) is 8.42 Å². The third kappa shape index (κ3) is 16.1. The summed E-state index contributed by atoms with van der Waals surface area (Å²) in [6, 6.07) is -1.58. The van der Waals surface area contributed by atoms with Gasteiger partial charge in [0.2, 0.25) is 0 Å². The second kappa shape index (κ2) is 24.6. The maximum absolute atomic E-state index is 10.9. The lowest BCUT2D eigenvalue weighted by molar-refractivity contribution is -0.152. The fraction of sp³-hybridized carbons (Fsp3) is 1.00. The van der Waals surface area contributed by atoms with Crippen molar-refractivity contribution in [3.8, 4) is 0 Å². The first-order chi connectivity index (χ1) is 37.8. The van der Waals surface area contributed by atoms with Crippen LogP contribution in [0.5, 0.6) is 0 Å². The first-order valence-electron chi connectivity index (χ1n) is 29.2. The van der Waals surface area contributed by atoms with Crippen LogP contribution in [0.1, 0.15) is 96.9 Å². The minimum Gasteiger partial charge on any atom is -0.394 e. The molecule has 482 valence electrons. The second-order valence-electron chi connectivity index (χ2n) is 28.3. The zero-order valence-corrected chi connectivity index (χ0v) is 60.0. The predicted octanol–water partition coefficient (Wildman–Crippen LogP) is 7.71. The van der Waals surface area contributed by atoms with E-state index in [1.807, 2.05) is 69.2 Å². The molecule has 13 fully saturated rings. The molecule has 13 aliphatic rings. The summed E-state index contributed by atoms with van der Waals surface area (Å²) in [6.07, 6.45) is 7.15. The molecule has 0 aromatic heterocycles. The quantitative estimate of drug-likeness (QED) is 0.156. The molecule has 83 heavy (non-hydrogen) atoms. The summed E-state index contributed by atoms with van der Waals surface area (Å²) in [5.74, 6) is -3.62. The Morgan fingerprint density at radius 1 is 0.494 bits per heavy atom. The summed E-state index contributed by atoms with van der Waals surface area (Å²) >= 11 is 16.0. The zero-order valence-electron chi connectivity index (χ0n) is 52.2. The summed E-state index contributed by atoms with van der Waals surface area (Å²) in [6.45, 7) is 36.1. The van der Waals surface area contributed by atoms with E-state index in [0.717, 1.165) is 24.6 Å². The molecular weight excluding hydrogens is 1250 g/mol. The summed E-state index contributed by atoms with van der Waals surface area (Å²) in [4.78, 5) is 0. The topological polar surface area (TPSA) is 222 Å². The van der Waals surface area contributed by atoms with Gasteiger partial charge >= 0.3 is 10.4 Å². The standard InChI is InChI=1S/C16H29O4P2S2.C16H28O4P2.C8H16O2PS.C7H12O6S.C7H14O4/c1-15(2)17-9-7-21(5,23)13(11(9)19-15)14-12-10(8-22(14,6)24)18-16(3,4)20-12;1-15(2)17-9-7-21(5)13(11(9)19-15)14-12-10(8-22(14)6)18-16(3,4)20-12;1-8(2)9-6-4-11(3,12)5-7(6)10-8;1-7(2)12-5-3-10-14(8,9)11-4-6(5)13-7;1-7(2)10-5(3-8)6(4-9)11-7/h9-14,23H,7-8H2,1-6H3;9-14H,7-8H2,1-6H3;6-7,12H,4-5H2,1-3H3;5-6H,3-4H2,1-2H3;5-6,8-9H,3-4H2,1-2H3/q+1;;+1;;/t9-,10-,11+,12+,13-,14-,21?,22-;9-,10-,11+,12+,13-,14-,21-,22+;6-,7-;2*5-,6-/m11111/s1. The normalized spacial score (nSPS) is 49.2. The van der Waals surface area contributed by atoms with E-state index >= 15 is 0 Å². The van der Waals surface area contributed by atoms with Gasteiger partial charge in [-0.1, -0.05) is 11.8 Å². The van der Waals surface area contributed by atoms with E-state index in [-0.39, 0.29) is 109 Å². The van der Waals surface area contributed by atoms with Gasteiger partial charge in [-0.2, -0.15) is 8.42 Å². The van der Waals surface area contributed by atoms with E-state index in [1.54, 1.807) is 27.7 Å². The van der Waals surface area contributed by atoms with E-state index < -0.39 is 76.3 Å². The molecule has 1 unspecified atom stereocenters. The first-order valence-corrected chi connectivity index (χ1v) is 45.5. The van der Waals surface area contributed by atoms with Gasteiger partial charge in [0, 0.05) is 42.0 Å². The van der Waals surface area contributed by atoms with Gasteiger partial charge in [0.15, 0.2) is 40.5 Å². The number of aliphatic hydroxyl groups excluding tert-OH is 2. The fourth-order valence-corrected chi connectivity index (χ4v) is 36.0. The SMILES string of the molecule is CC1(C)O[C@@H]2COS(=O)(=O)OC[C@H]2O1.CC1(C)O[C@@H]2C[P+](C)(S)C[C@H]2O1.CC1(C)O[C@@H]2[C@H]([C@H]3[C@H]4OC(C)(C)O[C@@H]4C[P+]3(C)S)[P@](C)(=S)C[C@H]2O1.CC1(C)O[C@H](CO)[C@@H](CO)O1.C[P@]1C[C@H]2OC(C)(C)O[C@@H]2[C@@H]1[C@H]1[C@H]2OC(C)(C)O[C@@H]2C[P@]1C. The van der Waals surface area contributed by atoms with Crippen molar-refractivity contribution in [1.82, 2.24) is 0 Å². The monoisotopic (exact) mass is 1350 g/mol. The van der Waals surface area contributed by atoms with Crippen molar-refractivity contribution in [3.05, 3.63) is 0 Å². The predicted molar refractivity (Wildman–Crippen MR) is 336 cm³/mol. The molecule has 13 aliphatic heterocycles. The molecule has 0 saturated carbocycles. The maximum Gasteiger partial charge on any atom is 0.400 e. The van der Waals surface area contributed by atoms with E-state index in [1.165, 1.54) is 12.3 Å². The number of aliphatic hydroxyl groups is 2. The van der Waals surface area contributed by atoms with Crippen molar-refractivity contribution >= 4 is 81.5 Å². The van der Waals surface area contributed by atoms with Crippen molar-refractivity contribution in [1.29, 1.82) is 0 Å². The van der Waals surface area contributed by atoms with Gasteiger partial charge in [-0.25, -0.2) is 8.37 Å². The Balaban J connectivity index is 0.000000129. The van der Waals surface area contributed by atoms with Crippen molar-refractivity contribution in [2.75, 3.05) is 96.7 Å². The van der Waals surface area contributed by atoms with Crippen molar-refractivity contribution in [2.24, 2.45) is 0 Å². The van der Waals surface area contributed by atoms with Gasteiger partial charge < -0.3 is 76.5 Å². The van der Waals surface area contributed by atoms with Crippen LogP contribution in [0.25, 0.3) is 0 Å². The molecular formula is C54H99O20P5S4+2. The van der Waals surface area contributed by atoms with Crippen LogP contribution >= 0.6 is 59.3 Å². The Morgan fingerprint density at radius 3 is 1.25 bits per heavy atom. The largest absolute Gasteiger partial charge is 0.400 e. The molecule has 0 bridgehead atoms. The molecule has 2 N–H and O–H groups in total. The van der Waals surface area contributed by atoms with Crippen LogP contribution in [-0.4, -0.2) is 264 Å². The molecule has 29 heteroatoms. The number of hydrogen-bond acceptors (Lipinski definition) is 23. The van der Waals surface area contributed by atoms with Crippen LogP contribution < -0.4 is 0 Å². The van der Waals surface area contributed by atoms with Crippen LogP contribution in [0, 0.1) is 0 Å². The average molecular weight is 1350 g/mol. The van der Waals surface area contributed by atoms with Gasteiger partial charge in [0.1, 0.15) is 54.5 Å². The smallest absolute Gasteiger partial charge is 0.394 e. The number of rotatable bonds is 4. The Hall–Kier alpha value is 2.30. The number of hydrogen-bond donors (Lipinski definition) is 4. The third-order valence-electron chi connectivity index (χ3n) is 17.4. The van der Waals surface area contributed by atoms with E-state index in [0.29, 0.717) is 34.8 Å². The highest BCUT2D eigenvalue weighted by Crippen LogP contribution is 2.78. The Morgan fingerprint density at radius 2 is 0.831 bits per heavy atom. The van der Waals surface area contributed by atoms with Gasteiger partial charge in [0.05, 0.1) is 113 Å². The lowest BCUT2D eigenvalue weighted by Crippen LogP contribution is -2.43. The van der Waals surface area contributed by atoms with Gasteiger partial charge in [0.25, 0.3) is 0 Å². The Labute approximate surface area is 514 Å². The van der Waals surface area contributed by atoms with Crippen molar-refractivity contribution in [3.63, 3.8) is 0 Å². The number of thiol groups is 2. The Bertz CT molecular complexity index is 2360. The molecule has 0 aromatic carbocycles. The second-order valence-corrected chi connectivity index (χ2v) is 52.8. The Kier molecular flexibility index (Phi) is 20.6. The molecule has 20 nitrogen and oxygen atoms in total. The summed E-state index contributed by atoms with van der Waals surface area (Å²) in [5, 5.41) is 17.6. The zero-order chi connectivity index (χ0) is 61.4. The minimum absolute atomic E-state index is 0.0591. The van der Waals surface area contributed by atoms with Gasteiger partial charge in [-0.15, -0.1) is 15.8 Å². The van der Waals surface area contributed by atoms with Gasteiger partial charge in [-0.3, -0.25) is 0 Å². The average Bonchev–Trinajstić information content (AvgIpc) is 2.29. The van der Waals surface area contributed by atoms with E-state index in [2.05, 4.69) is 53.9 Å². The summed E-state index contributed by atoms with van der Waals surface area (Å²) in [7, 11) is -3.99. The molecule has 0 spiro atoms. The molecule has 0 aliphatic carbocycles. The highest BCUT2D eigenvalue weighted by molar-refractivity contribution is 8.53. The lowest BCUT2D eigenvalue weighted by atomic mass is 10.0. The number of fused-ring (bicyclic) bond motifs is 6. The van der Waals surface area contributed by atoms with Crippen LogP contribution in [0.15, 0.2) is 0 Å². The lowest BCUT2D eigenvalue weighted by Gasteiger charge is -2.36. The summed E-state index contributed by atoms with van der Waals surface area (Å²) < 4.78 is 114. The molecule has 13 heterocycles. The molecule has 22 atom stereocenters.